The molecule has 0 bridgehead atoms. The Hall–Kier alpha value is -1.04. The Morgan fingerprint density at radius 3 is 2.86 bits per heavy atom. The summed E-state index contributed by atoms with van der Waals surface area (Å²) in [6, 6.07) is 3.27. The number of nitrogens with one attached hydrogen (secondary N) is 1. The third-order valence-corrected chi connectivity index (χ3v) is 4.50. The van der Waals surface area contributed by atoms with Crippen LogP contribution in [0.25, 0.3) is 0 Å². The van der Waals surface area contributed by atoms with E-state index >= 15 is 0 Å². The molecule has 4 nitrogen and oxygen atoms in total. The maximum absolute atomic E-state index is 13.0. The van der Waals surface area contributed by atoms with Gasteiger partial charge in [0.1, 0.15) is 5.82 Å². The summed E-state index contributed by atoms with van der Waals surface area (Å²) in [5.74, 6) is 0.401. The lowest BCUT2D eigenvalue weighted by Gasteiger charge is -2.37. The number of aliphatic hydroxyl groups is 1. The zero-order valence-corrected chi connectivity index (χ0v) is 13.1. The molecule has 0 aliphatic carbocycles. The van der Waals surface area contributed by atoms with Crippen molar-refractivity contribution in [3.63, 3.8) is 0 Å². The lowest BCUT2D eigenvalue weighted by Crippen LogP contribution is -2.45. The van der Waals surface area contributed by atoms with E-state index in [1.165, 1.54) is 12.3 Å². The maximum Gasteiger partial charge on any atom is 0.141 e. The standard InChI is InChI=1S/C16H26FN3O/c1-11-6-7-20(10-15(11)21)9-12(2)16(18-3)14-5-4-13(17)8-19-14/h4-5,8,11-12,15-16,18,21H,6-7,9-10H2,1-3H3. The molecule has 1 fully saturated rings. The van der Waals surface area contributed by atoms with Gasteiger partial charge in [-0.25, -0.2) is 4.39 Å². The normalized spacial score (nSPS) is 26.5. The van der Waals surface area contributed by atoms with Crippen LogP contribution >= 0.6 is 0 Å². The van der Waals surface area contributed by atoms with E-state index in [0.29, 0.717) is 11.8 Å². The number of aromatic nitrogens is 1. The van der Waals surface area contributed by atoms with Gasteiger partial charge >= 0.3 is 0 Å². The van der Waals surface area contributed by atoms with E-state index in [1.807, 2.05) is 7.05 Å². The molecule has 4 unspecified atom stereocenters. The minimum atomic E-state index is -0.311. The van der Waals surface area contributed by atoms with Crippen molar-refractivity contribution in [3.8, 4) is 0 Å². The van der Waals surface area contributed by atoms with Gasteiger partial charge in [0.2, 0.25) is 0 Å². The average Bonchev–Trinajstić information content (AvgIpc) is 2.46. The van der Waals surface area contributed by atoms with Gasteiger partial charge in [-0.05, 0) is 44.0 Å². The highest BCUT2D eigenvalue weighted by molar-refractivity contribution is 5.11. The number of pyridine rings is 1. The van der Waals surface area contributed by atoms with Crippen LogP contribution in [0.4, 0.5) is 4.39 Å². The van der Waals surface area contributed by atoms with Crippen LogP contribution in [0.15, 0.2) is 18.3 Å². The highest BCUT2D eigenvalue weighted by Crippen LogP contribution is 2.24. The largest absolute Gasteiger partial charge is 0.392 e. The maximum atomic E-state index is 13.0. The average molecular weight is 295 g/mol. The highest BCUT2D eigenvalue weighted by Gasteiger charge is 2.27. The van der Waals surface area contributed by atoms with Gasteiger partial charge < -0.3 is 15.3 Å². The predicted molar refractivity (Wildman–Crippen MR) is 81.4 cm³/mol. The zero-order chi connectivity index (χ0) is 15.4. The minimum absolute atomic E-state index is 0.0853. The van der Waals surface area contributed by atoms with Crippen molar-refractivity contribution in [1.29, 1.82) is 0 Å². The van der Waals surface area contributed by atoms with Gasteiger partial charge in [0.15, 0.2) is 0 Å². The highest BCUT2D eigenvalue weighted by atomic mass is 19.1. The van der Waals surface area contributed by atoms with Crippen LogP contribution in [-0.2, 0) is 0 Å². The van der Waals surface area contributed by atoms with Crippen LogP contribution in [0.1, 0.15) is 32.0 Å². The van der Waals surface area contributed by atoms with Crippen molar-refractivity contribution < 1.29 is 9.50 Å². The summed E-state index contributed by atoms with van der Waals surface area (Å²) >= 11 is 0. The monoisotopic (exact) mass is 295 g/mol. The van der Waals surface area contributed by atoms with E-state index < -0.39 is 0 Å². The van der Waals surface area contributed by atoms with Gasteiger partial charge in [-0.1, -0.05) is 13.8 Å². The fraction of sp³-hybridized carbons (Fsp3) is 0.688. The van der Waals surface area contributed by atoms with Gasteiger partial charge in [0.05, 0.1) is 24.0 Å². The van der Waals surface area contributed by atoms with Crippen LogP contribution in [0.2, 0.25) is 0 Å². The first-order chi connectivity index (χ1) is 10.0. The molecule has 0 saturated carbocycles. The Bertz CT molecular complexity index is 440. The molecule has 1 aromatic rings. The summed E-state index contributed by atoms with van der Waals surface area (Å²) in [6.45, 7) is 6.92. The van der Waals surface area contributed by atoms with E-state index in [1.54, 1.807) is 6.07 Å². The first kappa shape index (κ1) is 16.3. The van der Waals surface area contributed by atoms with Gasteiger partial charge in [0, 0.05) is 13.1 Å². The molecule has 0 radical (unpaired) electrons. The fourth-order valence-corrected chi connectivity index (χ4v) is 3.09. The number of piperidine rings is 1. The van der Waals surface area contributed by atoms with Crippen LogP contribution < -0.4 is 5.32 Å². The van der Waals surface area contributed by atoms with Crippen molar-refractivity contribution in [2.24, 2.45) is 11.8 Å². The Labute approximate surface area is 126 Å². The molecule has 2 heterocycles. The number of nitrogens with zero attached hydrogens (tertiary/aromatic N) is 2. The molecule has 4 atom stereocenters. The molecular weight excluding hydrogens is 269 g/mol. The summed E-state index contributed by atoms with van der Waals surface area (Å²) in [5.41, 5.74) is 0.859. The number of rotatable bonds is 5. The lowest BCUT2D eigenvalue weighted by atomic mass is 9.93. The molecule has 118 valence electrons. The molecule has 5 heteroatoms. The smallest absolute Gasteiger partial charge is 0.141 e. The molecule has 2 N–H and O–H groups in total. The van der Waals surface area contributed by atoms with Gasteiger partial charge in [-0.15, -0.1) is 0 Å². The quantitative estimate of drug-likeness (QED) is 0.870. The molecular formula is C16H26FN3O. The van der Waals surface area contributed by atoms with E-state index in [-0.39, 0.29) is 18.0 Å². The van der Waals surface area contributed by atoms with Gasteiger partial charge in [0.25, 0.3) is 0 Å². The summed E-state index contributed by atoms with van der Waals surface area (Å²) in [6.07, 6.45) is 2.06. The van der Waals surface area contributed by atoms with E-state index in [9.17, 15) is 9.50 Å². The molecule has 1 aromatic heterocycles. The fourth-order valence-electron chi connectivity index (χ4n) is 3.09. The molecule has 1 saturated heterocycles. The van der Waals surface area contributed by atoms with Gasteiger partial charge in [-0.3, -0.25) is 4.98 Å². The first-order valence-corrected chi connectivity index (χ1v) is 7.70. The second-order valence-electron chi connectivity index (χ2n) is 6.24. The zero-order valence-electron chi connectivity index (χ0n) is 13.1. The van der Waals surface area contributed by atoms with Crippen LogP contribution in [0.3, 0.4) is 0 Å². The first-order valence-electron chi connectivity index (χ1n) is 7.70. The van der Waals surface area contributed by atoms with Crippen molar-refractivity contribution in [2.45, 2.75) is 32.4 Å². The Morgan fingerprint density at radius 2 is 2.29 bits per heavy atom. The molecule has 1 aliphatic heterocycles. The lowest BCUT2D eigenvalue weighted by molar-refractivity contribution is 0.0216. The van der Waals surface area contributed by atoms with E-state index in [4.69, 9.17) is 0 Å². The van der Waals surface area contributed by atoms with Gasteiger partial charge in [-0.2, -0.15) is 0 Å². The molecule has 0 spiro atoms. The minimum Gasteiger partial charge on any atom is -0.392 e. The van der Waals surface area contributed by atoms with Crippen LogP contribution in [-0.4, -0.2) is 47.8 Å². The second kappa shape index (κ2) is 7.29. The topological polar surface area (TPSA) is 48.4 Å². The number of hydrogen-bond acceptors (Lipinski definition) is 4. The number of aliphatic hydroxyl groups excluding tert-OH is 1. The second-order valence-corrected chi connectivity index (χ2v) is 6.24. The summed E-state index contributed by atoms with van der Waals surface area (Å²) in [4.78, 5) is 6.49. The van der Waals surface area contributed by atoms with E-state index in [2.05, 4.69) is 29.0 Å². The number of β-amino-alcohol motifs (C(OH)–C–C–N with tert-alkyl or cyclic N) is 1. The molecule has 0 amide bonds. The number of hydrogen-bond donors (Lipinski definition) is 2. The summed E-state index contributed by atoms with van der Waals surface area (Å²) in [5, 5.41) is 13.3. The van der Waals surface area contributed by atoms with Crippen molar-refractivity contribution in [3.05, 3.63) is 29.8 Å². The van der Waals surface area contributed by atoms with E-state index in [0.717, 1.165) is 31.7 Å². The van der Waals surface area contributed by atoms with Crippen LogP contribution in [0, 0.1) is 17.7 Å². The summed E-state index contributed by atoms with van der Waals surface area (Å²) in [7, 11) is 1.90. The molecule has 1 aliphatic rings. The Balaban J connectivity index is 1.97. The molecule has 2 rings (SSSR count). The predicted octanol–water partition coefficient (Wildman–Crippen LogP) is 1.82. The number of likely N-dealkylation sites (tertiary alicyclic amines) is 1. The number of halogens is 1. The Morgan fingerprint density at radius 1 is 1.52 bits per heavy atom. The molecule has 21 heavy (non-hydrogen) atoms. The van der Waals surface area contributed by atoms with Crippen molar-refractivity contribution >= 4 is 0 Å². The Kier molecular flexibility index (Phi) is 5.67. The third kappa shape index (κ3) is 4.22. The van der Waals surface area contributed by atoms with Crippen LogP contribution in [0.5, 0.6) is 0 Å². The van der Waals surface area contributed by atoms with Crippen molar-refractivity contribution in [2.75, 3.05) is 26.7 Å². The molecule has 0 aromatic carbocycles. The third-order valence-electron chi connectivity index (χ3n) is 4.50. The summed E-state index contributed by atoms with van der Waals surface area (Å²) < 4.78 is 13.0. The SMILES string of the molecule is CNC(c1ccc(F)cn1)C(C)CN1CCC(C)C(O)C1. The van der Waals surface area contributed by atoms with Crippen molar-refractivity contribution in [1.82, 2.24) is 15.2 Å².